The van der Waals surface area contributed by atoms with Gasteiger partial charge in [-0.2, -0.15) is 0 Å². The van der Waals surface area contributed by atoms with Crippen LogP contribution in [0.25, 0.3) is 0 Å². The molecule has 0 atom stereocenters. The molecule has 2 nitrogen and oxygen atoms in total. The molecule has 0 unspecified atom stereocenters. The first-order chi connectivity index (χ1) is 13.3. The quantitative estimate of drug-likeness (QED) is 0.514. The summed E-state index contributed by atoms with van der Waals surface area (Å²) in [5.74, 6) is -1.25. The van der Waals surface area contributed by atoms with E-state index in [0.717, 1.165) is 11.8 Å². The zero-order valence-corrected chi connectivity index (χ0v) is 16.1. The molecule has 1 amide bonds. The summed E-state index contributed by atoms with van der Waals surface area (Å²) >= 11 is 0.997. The van der Waals surface area contributed by atoms with Crippen LogP contribution in [0, 0.1) is 17.5 Å². The highest BCUT2D eigenvalue weighted by atomic mass is 32.2. The molecule has 0 heterocycles. The maximum atomic E-state index is 13.6. The average molecular weight is 401 g/mol. The van der Waals surface area contributed by atoms with Gasteiger partial charge in [-0.05, 0) is 64.9 Å². The molecule has 0 aliphatic heterocycles. The predicted molar refractivity (Wildman–Crippen MR) is 106 cm³/mol. The van der Waals surface area contributed by atoms with Crippen molar-refractivity contribution in [2.24, 2.45) is 0 Å². The number of hydrogen-bond acceptors (Lipinski definition) is 2. The monoisotopic (exact) mass is 401 g/mol. The van der Waals surface area contributed by atoms with E-state index in [1.807, 2.05) is 0 Å². The average Bonchev–Trinajstić information content (AvgIpc) is 2.68. The number of thioether (sulfide) groups is 1. The molecular weight excluding hydrogens is 383 g/mol. The zero-order valence-electron chi connectivity index (χ0n) is 15.3. The molecule has 3 aromatic rings. The van der Waals surface area contributed by atoms with Gasteiger partial charge in [-0.25, -0.2) is 13.2 Å². The number of benzene rings is 3. The van der Waals surface area contributed by atoms with E-state index >= 15 is 0 Å². The van der Waals surface area contributed by atoms with Crippen LogP contribution in [0.2, 0.25) is 0 Å². The third-order valence-electron chi connectivity index (χ3n) is 4.36. The Hall–Kier alpha value is -2.73. The number of halogens is 3. The van der Waals surface area contributed by atoms with E-state index in [2.05, 4.69) is 0 Å². The highest BCUT2D eigenvalue weighted by Gasteiger charge is 2.40. The van der Waals surface area contributed by atoms with Gasteiger partial charge in [0.1, 0.15) is 22.2 Å². The molecule has 3 aromatic carbocycles. The number of hydrogen-bond donors (Lipinski definition) is 0. The summed E-state index contributed by atoms with van der Waals surface area (Å²) in [6.07, 6.45) is 0. The molecule has 0 aromatic heterocycles. The van der Waals surface area contributed by atoms with Gasteiger partial charge in [0.05, 0.1) is 0 Å². The van der Waals surface area contributed by atoms with E-state index in [1.54, 1.807) is 50.5 Å². The van der Waals surface area contributed by atoms with Crippen molar-refractivity contribution in [3.8, 4) is 0 Å². The van der Waals surface area contributed by atoms with Gasteiger partial charge in [0.15, 0.2) is 0 Å². The van der Waals surface area contributed by atoms with Crippen LogP contribution in [-0.4, -0.2) is 24.2 Å². The molecule has 0 N–H and O–H groups in total. The van der Waals surface area contributed by atoms with E-state index in [-0.39, 0.29) is 5.24 Å². The summed E-state index contributed by atoms with van der Waals surface area (Å²) in [4.78, 5) is 14.2. The molecule has 28 heavy (non-hydrogen) atoms. The fraction of sp³-hybridized carbons (Fsp3) is 0.136. The molecule has 0 fully saturated rings. The van der Waals surface area contributed by atoms with Gasteiger partial charge in [0.2, 0.25) is 0 Å². The van der Waals surface area contributed by atoms with Gasteiger partial charge in [-0.1, -0.05) is 36.4 Å². The molecule has 0 radical (unpaired) electrons. The molecule has 6 heteroatoms. The first kappa shape index (κ1) is 20.0. The minimum Gasteiger partial charge on any atom is -0.340 e. The van der Waals surface area contributed by atoms with Gasteiger partial charge in [0, 0.05) is 14.1 Å². The summed E-state index contributed by atoms with van der Waals surface area (Å²) in [6, 6.07) is 17.3. The van der Waals surface area contributed by atoms with Crippen molar-refractivity contribution >= 4 is 17.0 Å². The normalized spacial score (nSPS) is 11.3. The van der Waals surface area contributed by atoms with E-state index in [4.69, 9.17) is 0 Å². The van der Waals surface area contributed by atoms with Crippen LogP contribution in [0.3, 0.4) is 0 Å². The van der Waals surface area contributed by atoms with Gasteiger partial charge >= 0.3 is 0 Å². The van der Waals surface area contributed by atoms with Gasteiger partial charge < -0.3 is 4.90 Å². The fourth-order valence-electron chi connectivity index (χ4n) is 2.95. The lowest BCUT2D eigenvalue weighted by atomic mass is 9.84. The second-order valence-corrected chi connectivity index (χ2v) is 7.63. The summed E-state index contributed by atoms with van der Waals surface area (Å²) in [5.41, 5.74) is 1.85. The van der Waals surface area contributed by atoms with Crippen LogP contribution in [0.5, 0.6) is 0 Å². The predicted octanol–water partition coefficient (Wildman–Crippen LogP) is 5.81. The highest BCUT2D eigenvalue weighted by molar-refractivity contribution is 8.14. The SMILES string of the molecule is CN(C)C(=O)SC(c1ccc(F)cc1)(c1ccc(F)cc1)c1ccc(F)cc1. The van der Waals surface area contributed by atoms with Gasteiger partial charge in [-0.3, -0.25) is 4.79 Å². The molecule has 0 aliphatic carbocycles. The molecule has 0 bridgehead atoms. The molecule has 0 saturated carbocycles. The van der Waals surface area contributed by atoms with Crippen LogP contribution in [0.1, 0.15) is 16.7 Å². The molecule has 0 aliphatic rings. The van der Waals surface area contributed by atoms with Crippen LogP contribution in [-0.2, 0) is 4.75 Å². The van der Waals surface area contributed by atoms with Crippen LogP contribution in [0.4, 0.5) is 18.0 Å². The number of carbonyl (C=O) groups excluding carboxylic acids is 1. The second-order valence-electron chi connectivity index (χ2n) is 6.46. The Balaban J connectivity index is 2.32. The minimum atomic E-state index is -1.11. The zero-order chi connectivity index (χ0) is 20.3. The summed E-state index contributed by atoms with van der Waals surface area (Å²) in [7, 11) is 3.25. The first-order valence-electron chi connectivity index (χ1n) is 8.51. The summed E-state index contributed by atoms with van der Waals surface area (Å²) < 4.78 is 39.7. The smallest absolute Gasteiger partial charge is 0.282 e. The van der Waals surface area contributed by atoms with Crippen molar-refractivity contribution in [3.63, 3.8) is 0 Å². The third-order valence-corrected chi connectivity index (χ3v) is 5.91. The van der Waals surface area contributed by atoms with Crippen molar-refractivity contribution in [1.29, 1.82) is 0 Å². The van der Waals surface area contributed by atoms with Crippen LogP contribution < -0.4 is 0 Å². The standard InChI is InChI=1S/C22H18F3NOS/c1-26(2)21(27)28-22(15-3-9-18(23)10-4-15,16-5-11-19(24)12-6-16)17-7-13-20(25)14-8-17/h3-14H,1-2H3. The lowest BCUT2D eigenvalue weighted by molar-refractivity contribution is 0.241. The lowest BCUT2D eigenvalue weighted by Gasteiger charge is -2.35. The van der Waals surface area contributed by atoms with Crippen molar-refractivity contribution < 1.29 is 18.0 Å². The van der Waals surface area contributed by atoms with Crippen molar-refractivity contribution in [2.75, 3.05) is 14.1 Å². The molecule has 3 rings (SSSR count). The lowest BCUT2D eigenvalue weighted by Crippen LogP contribution is -2.31. The highest BCUT2D eigenvalue weighted by Crippen LogP contribution is 2.49. The Bertz CT molecular complexity index is 844. The van der Waals surface area contributed by atoms with Crippen LogP contribution >= 0.6 is 11.8 Å². The van der Waals surface area contributed by atoms with E-state index < -0.39 is 22.2 Å². The Morgan fingerprint density at radius 3 is 1.21 bits per heavy atom. The van der Waals surface area contributed by atoms with Crippen LogP contribution in [0.15, 0.2) is 72.8 Å². The minimum absolute atomic E-state index is 0.252. The number of rotatable bonds is 4. The maximum absolute atomic E-state index is 13.6. The Morgan fingerprint density at radius 1 is 0.679 bits per heavy atom. The number of nitrogens with zero attached hydrogens (tertiary/aromatic N) is 1. The Labute approximate surface area is 166 Å². The largest absolute Gasteiger partial charge is 0.340 e. The topological polar surface area (TPSA) is 20.3 Å². The van der Waals surface area contributed by atoms with Crippen molar-refractivity contribution in [3.05, 3.63) is 107 Å². The maximum Gasteiger partial charge on any atom is 0.282 e. The molecule has 144 valence electrons. The molecule has 0 spiro atoms. The van der Waals surface area contributed by atoms with Gasteiger partial charge in [0.25, 0.3) is 5.24 Å². The third kappa shape index (κ3) is 3.92. The van der Waals surface area contributed by atoms with E-state index in [9.17, 15) is 18.0 Å². The van der Waals surface area contributed by atoms with Crippen molar-refractivity contribution in [2.45, 2.75) is 4.75 Å². The Morgan fingerprint density at radius 2 is 0.964 bits per heavy atom. The van der Waals surface area contributed by atoms with E-state index in [1.165, 1.54) is 41.3 Å². The summed E-state index contributed by atoms with van der Waals surface area (Å²) in [5, 5.41) is -0.252. The first-order valence-corrected chi connectivity index (χ1v) is 9.33. The summed E-state index contributed by atoms with van der Waals surface area (Å²) in [6.45, 7) is 0. The second kappa shape index (κ2) is 8.10. The number of carbonyl (C=O) groups is 1. The molecular formula is C22H18F3NOS. The van der Waals surface area contributed by atoms with E-state index in [0.29, 0.717) is 16.7 Å². The fourth-order valence-corrected chi connectivity index (χ4v) is 4.16. The molecule has 0 saturated heterocycles. The Kier molecular flexibility index (Phi) is 5.79. The van der Waals surface area contributed by atoms with Gasteiger partial charge in [-0.15, -0.1) is 0 Å². The number of amides is 1. The van der Waals surface area contributed by atoms with Crippen molar-refractivity contribution in [1.82, 2.24) is 4.90 Å².